The Kier molecular flexibility index (Phi) is 43.3. The third-order valence-corrected chi connectivity index (χ3v) is 10.9. The van der Waals surface area contributed by atoms with Crippen LogP contribution >= 0.6 is 0 Å². The lowest BCUT2D eigenvalue weighted by atomic mass is 10.0. The van der Waals surface area contributed by atoms with Crippen LogP contribution in [0.4, 0.5) is 0 Å². The van der Waals surface area contributed by atoms with E-state index in [1.54, 1.807) is 6.08 Å². The smallest absolute Gasteiger partial charge is 0.220 e. The van der Waals surface area contributed by atoms with Crippen molar-refractivity contribution in [3.8, 4) is 0 Å². The monoisotopic (exact) mass is 732 g/mol. The highest BCUT2D eigenvalue weighted by Gasteiger charge is 2.17. The van der Waals surface area contributed by atoms with E-state index in [2.05, 4.69) is 31.3 Å². The molecule has 3 N–H and O–H groups in total. The largest absolute Gasteiger partial charge is 0.394 e. The predicted molar refractivity (Wildman–Crippen MR) is 230 cm³/mol. The lowest BCUT2D eigenvalue weighted by Gasteiger charge is -2.20. The van der Waals surface area contributed by atoms with Crippen LogP contribution < -0.4 is 5.32 Å². The van der Waals surface area contributed by atoms with Crippen molar-refractivity contribution >= 4 is 5.91 Å². The Balaban J connectivity index is 3.54. The molecule has 4 heteroatoms. The zero-order chi connectivity index (χ0) is 37.8. The fourth-order valence-corrected chi connectivity index (χ4v) is 7.29. The first-order chi connectivity index (χ1) is 25.7. The maximum Gasteiger partial charge on any atom is 0.220 e. The van der Waals surface area contributed by atoms with Gasteiger partial charge in [-0.3, -0.25) is 4.79 Å². The fourth-order valence-electron chi connectivity index (χ4n) is 7.29. The van der Waals surface area contributed by atoms with Crippen molar-refractivity contribution in [1.29, 1.82) is 0 Å². The Morgan fingerprint density at radius 3 is 1.06 bits per heavy atom. The molecule has 0 aromatic heterocycles. The number of carbonyl (C=O) groups is 1. The van der Waals surface area contributed by atoms with Gasteiger partial charge in [0.05, 0.1) is 18.8 Å². The molecule has 4 nitrogen and oxygen atoms in total. The van der Waals surface area contributed by atoms with Gasteiger partial charge in [-0.2, -0.15) is 0 Å². The molecule has 308 valence electrons. The molecule has 0 aromatic rings. The molecule has 1 amide bonds. The number of carbonyl (C=O) groups excluding carboxylic acids is 1. The number of amides is 1. The van der Waals surface area contributed by atoms with E-state index in [4.69, 9.17) is 0 Å². The number of aliphatic hydroxyl groups excluding tert-OH is 2. The summed E-state index contributed by atoms with van der Waals surface area (Å²) in [5, 5.41) is 23.1. The molecule has 0 aliphatic heterocycles. The summed E-state index contributed by atoms with van der Waals surface area (Å²) in [5.41, 5.74) is 0. The molecule has 0 radical (unpaired) electrons. The molecule has 0 aliphatic rings. The maximum absolute atomic E-state index is 12.4. The van der Waals surface area contributed by atoms with Crippen LogP contribution in [0.3, 0.4) is 0 Å². The van der Waals surface area contributed by atoms with E-state index in [0.29, 0.717) is 6.42 Å². The van der Waals surface area contributed by atoms with Crippen LogP contribution in [0.5, 0.6) is 0 Å². The highest BCUT2D eigenvalue weighted by Crippen LogP contribution is 2.16. The highest BCUT2D eigenvalue weighted by molar-refractivity contribution is 5.76. The summed E-state index contributed by atoms with van der Waals surface area (Å²) in [6.07, 6.45) is 57.2. The molecule has 0 bridgehead atoms. The quantitative estimate of drug-likeness (QED) is 0.0432. The van der Waals surface area contributed by atoms with Crippen LogP contribution in [0, 0.1) is 0 Å². The second-order valence-corrected chi connectivity index (χ2v) is 16.2. The lowest BCUT2D eigenvalue weighted by molar-refractivity contribution is -0.123. The first-order valence-electron chi connectivity index (χ1n) is 23.6. The first-order valence-corrected chi connectivity index (χ1v) is 23.6. The number of aliphatic hydroxyl groups is 2. The minimum Gasteiger partial charge on any atom is -0.394 e. The van der Waals surface area contributed by atoms with Gasteiger partial charge < -0.3 is 15.5 Å². The van der Waals surface area contributed by atoms with E-state index in [1.165, 1.54) is 212 Å². The molecule has 0 rings (SSSR count). The number of allylic oxidation sites excluding steroid dienone is 3. The van der Waals surface area contributed by atoms with Crippen molar-refractivity contribution < 1.29 is 15.0 Å². The Morgan fingerprint density at radius 1 is 0.442 bits per heavy atom. The third kappa shape index (κ3) is 40.1. The summed E-state index contributed by atoms with van der Waals surface area (Å²) in [7, 11) is 0. The van der Waals surface area contributed by atoms with Crippen LogP contribution in [0.1, 0.15) is 258 Å². The van der Waals surface area contributed by atoms with Crippen LogP contribution in [0.15, 0.2) is 24.3 Å². The molecule has 0 aromatic carbocycles. The highest BCUT2D eigenvalue weighted by atomic mass is 16.3. The number of rotatable bonds is 43. The van der Waals surface area contributed by atoms with Crippen LogP contribution in [-0.4, -0.2) is 34.9 Å². The molecule has 52 heavy (non-hydrogen) atoms. The molecule has 2 atom stereocenters. The average Bonchev–Trinajstić information content (AvgIpc) is 3.15. The normalized spacial score (nSPS) is 13.1. The molecule has 0 spiro atoms. The minimum absolute atomic E-state index is 0.0655. The van der Waals surface area contributed by atoms with Crippen LogP contribution in [-0.2, 0) is 4.79 Å². The molecule has 0 saturated heterocycles. The van der Waals surface area contributed by atoms with Crippen LogP contribution in [0.25, 0.3) is 0 Å². The Hall–Kier alpha value is -1.13. The van der Waals surface area contributed by atoms with Gasteiger partial charge in [0.2, 0.25) is 5.91 Å². The molecule has 0 aliphatic carbocycles. The molecule has 0 fully saturated rings. The summed E-state index contributed by atoms with van der Waals surface area (Å²) in [5.74, 6) is -0.0655. The number of unbranched alkanes of at least 4 members (excludes halogenated alkanes) is 34. The molecular weight excluding hydrogens is 639 g/mol. The topological polar surface area (TPSA) is 69.6 Å². The van der Waals surface area contributed by atoms with E-state index in [0.717, 1.165) is 25.7 Å². The van der Waals surface area contributed by atoms with E-state index in [1.807, 2.05) is 6.08 Å². The molecular formula is C48H93NO3. The summed E-state index contributed by atoms with van der Waals surface area (Å²) < 4.78 is 0. The van der Waals surface area contributed by atoms with Gasteiger partial charge >= 0.3 is 0 Å². The van der Waals surface area contributed by atoms with Crippen LogP contribution in [0.2, 0.25) is 0 Å². The molecule has 0 saturated carbocycles. The summed E-state index contributed by atoms with van der Waals surface area (Å²) in [4.78, 5) is 12.4. The zero-order valence-corrected chi connectivity index (χ0v) is 35.3. The number of hydrogen-bond donors (Lipinski definition) is 3. The van der Waals surface area contributed by atoms with Crippen molar-refractivity contribution in [2.75, 3.05) is 6.61 Å². The molecule has 2 unspecified atom stereocenters. The number of hydrogen-bond acceptors (Lipinski definition) is 3. The Bertz CT molecular complexity index is 750. The SMILES string of the molecule is CCCCCCCCCCCCC/C=C\CCCCCCCCCC(=O)NC(CO)C(O)/C=C/CCCCCCCCCCCCCCCCCC. The van der Waals surface area contributed by atoms with Gasteiger partial charge in [0, 0.05) is 6.42 Å². The fraction of sp³-hybridized carbons (Fsp3) is 0.896. The minimum atomic E-state index is -0.839. The van der Waals surface area contributed by atoms with Gasteiger partial charge in [-0.15, -0.1) is 0 Å². The van der Waals surface area contributed by atoms with E-state index < -0.39 is 12.1 Å². The van der Waals surface area contributed by atoms with Crippen molar-refractivity contribution in [3.05, 3.63) is 24.3 Å². The second kappa shape index (κ2) is 44.3. The van der Waals surface area contributed by atoms with Gasteiger partial charge in [0.25, 0.3) is 0 Å². The summed E-state index contributed by atoms with van der Waals surface area (Å²) in [6.45, 7) is 4.33. The van der Waals surface area contributed by atoms with Gasteiger partial charge in [0.15, 0.2) is 0 Å². The molecule has 0 heterocycles. The summed E-state index contributed by atoms with van der Waals surface area (Å²) >= 11 is 0. The second-order valence-electron chi connectivity index (χ2n) is 16.2. The lowest BCUT2D eigenvalue weighted by Crippen LogP contribution is -2.45. The van der Waals surface area contributed by atoms with Crippen molar-refractivity contribution in [2.45, 2.75) is 270 Å². The van der Waals surface area contributed by atoms with E-state index in [-0.39, 0.29) is 12.5 Å². The Labute approximate surface area is 326 Å². The van der Waals surface area contributed by atoms with Crippen molar-refractivity contribution in [1.82, 2.24) is 5.32 Å². The predicted octanol–water partition coefficient (Wildman–Crippen LogP) is 14.8. The van der Waals surface area contributed by atoms with Gasteiger partial charge in [0.1, 0.15) is 0 Å². The summed E-state index contributed by atoms with van der Waals surface area (Å²) in [6, 6.07) is -0.622. The van der Waals surface area contributed by atoms with Gasteiger partial charge in [-0.25, -0.2) is 0 Å². The van der Waals surface area contributed by atoms with Gasteiger partial charge in [-0.1, -0.05) is 231 Å². The standard InChI is InChI=1S/C48H93NO3/c1-3-5-7-9-11-13-15-17-19-21-23-24-25-26-28-30-32-34-36-38-40-42-44-48(52)49-46(45-50)47(51)43-41-39-37-35-33-31-29-27-22-20-18-16-14-12-10-8-6-4-2/h25-26,41,43,46-47,50-51H,3-24,27-40,42,44-45H2,1-2H3,(H,49,52)/b26-25-,43-41+. The maximum atomic E-state index is 12.4. The third-order valence-electron chi connectivity index (χ3n) is 10.9. The average molecular weight is 732 g/mol. The first kappa shape index (κ1) is 50.9. The Morgan fingerprint density at radius 2 is 0.731 bits per heavy atom. The van der Waals surface area contributed by atoms with Gasteiger partial charge in [-0.05, 0) is 44.9 Å². The number of nitrogens with one attached hydrogen (secondary N) is 1. The van der Waals surface area contributed by atoms with Crippen molar-refractivity contribution in [3.63, 3.8) is 0 Å². The van der Waals surface area contributed by atoms with E-state index in [9.17, 15) is 15.0 Å². The zero-order valence-electron chi connectivity index (χ0n) is 35.3. The van der Waals surface area contributed by atoms with Crippen molar-refractivity contribution in [2.24, 2.45) is 0 Å². The van der Waals surface area contributed by atoms with E-state index >= 15 is 0 Å².